The van der Waals surface area contributed by atoms with Gasteiger partial charge in [-0.15, -0.1) is 0 Å². The van der Waals surface area contributed by atoms with Crippen molar-refractivity contribution in [2.75, 3.05) is 4.90 Å². The highest BCUT2D eigenvalue weighted by Crippen LogP contribution is 2.49. The van der Waals surface area contributed by atoms with Crippen molar-refractivity contribution in [2.45, 2.75) is 63.7 Å². The van der Waals surface area contributed by atoms with E-state index in [1.165, 1.54) is 34.5 Å². The molecule has 0 spiro atoms. The molecule has 3 aromatic rings. The van der Waals surface area contributed by atoms with E-state index < -0.39 is 11.2 Å². The fraction of sp³-hybridized carbons (Fsp3) is 0.333. The summed E-state index contributed by atoms with van der Waals surface area (Å²) in [5, 5.41) is 10.6. The Hall–Kier alpha value is -2.82. The summed E-state index contributed by atoms with van der Waals surface area (Å²) in [6, 6.07) is 26.5. The van der Waals surface area contributed by atoms with Crippen LogP contribution in [0.3, 0.4) is 0 Å². The maximum absolute atomic E-state index is 10.6. The molecule has 2 aliphatic rings. The zero-order valence-corrected chi connectivity index (χ0v) is 20.7. The number of hydrogen-bond donors (Lipinski definition) is 1. The van der Waals surface area contributed by atoms with Crippen LogP contribution in [0.1, 0.15) is 52.0 Å². The number of hydrogen-bond acceptors (Lipinski definition) is 3. The Kier molecular flexibility index (Phi) is 5.91. The first-order valence-corrected chi connectivity index (χ1v) is 12.4. The molecule has 1 aliphatic carbocycles. The van der Waals surface area contributed by atoms with Gasteiger partial charge in [0.05, 0.1) is 17.2 Å². The lowest BCUT2D eigenvalue weighted by atomic mass is 9.81. The van der Waals surface area contributed by atoms with Gasteiger partial charge in [0.2, 0.25) is 0 Å². The van der Waals surface area contributed by atoms with Gasteiger partial charge in [0.1, 0.15) is 0 Å². The van der Waals surface area contributed by atoms with Crippen LogP contribution >= 0.6 is 0 Å². The van der Waals surface area contributed by atoms with E-state index in [-0.39, 0.29) is 0 Å². The summed E-state index contributed by atoms with van der Waals surface area (Å²) in [7, 11) is 0.435. The molecule has 0 saturated heterocycles. The van der Waals surface area contributed by atoms with Crippen LogP contribution in [0.5, 0.6) is 0 Å². The Morgan fingerprint density at radius 3 is 2.41 bits per heavy atom. The van der Waals surface area contributed by atoms with Crippen LogP contribution in [0, 0.1) is 0 Å². The van der Waals surface area contributed by atoms with Crippen LogP contribution < -0.4 is 10.4 Å². The number of allylic oxidation sites excluding steroid dienone is 1. The summed E-state index contributed by atoms with van der Waals surface area (Å²) in [5.74, 6) is 0.524. The smallest absolute Gasteiger partial charge is 0.309 e. The average Bonchev–Trinajstić information content (AvgIpc) is 3.17. The van der Waals surface area contributed by atoms with E-state index in [2.05, 4.69) is 89.8 Å². The lowest BCUT2D eigenvalue weighted by Crippen LogP contribution is -2.49. The van der Waals surface area contributed by atoms with Gasteiger partial charge in [-0.3, -0.25) is 0 Å². The van der Waals surface area contributed by atoms with Crippen molar-refractivity contribution in [3.05, 3.63) is 90.5 Å². The van der Waals surface area contributed by atoms with Crippen molar-refractivity contribution in [3.8, 4) is 11.1 Å². The third-order valence-corrected chi connectivity index (χ3v) is 7.72. The third kappa shape index (κ3) is 4.21. The average molecular weight is 451 g/mol. The van der Waals surface area contributed by atoms with Gasteiger partial charge in [0, 0.05) is 17.3 Å². The molecule has 5 rings (SSSR count). The van der Waals surface area contributed by atoms with Gasteiger partial charge in [-0.1, -0.05) is 72.2 Å². The maximum atomic E-state index is 10.6. The van der Waals surface area contributed by atoms with E-state index in [4.69, 9.17) is 4.65 Å². The quantitative estimate of drug-likeness (QED) is 0.377. The van der Waals surface area contributed by atoms with Crippen LogP contribution in [0.15, 0.2) is 84.9 Å². The van der Waals surface area contributed by atoms with E-state index in [0.29, 0.717) is 19.4 Å². The summed E-state index contributed by atoms with van der Waals surface area (Å²) < 4.78 is 6.28. The molecule has 2 unspecified atom stereocenters. The molecule has 0 bridgehead atoms. The Morgan fingerprint density at radius 1 is 0.912 bits per heavy atom. The number of anilines is 2. The second kappa shape index (κ2) is 8.76. The van der Waals surface area contributed by atoms with E-state index in [1.807, 2.05) is 13.8 Å². The molecular formula is C30H34BNO2. The van der Waals surface area contributed by atoms with Gasteiger partial charge in [0.15, 0.2) is 0 Å². The second-order valence-corrected chi connectivity index (χ2v) is 10.6. The van der Waals surface area contributed by atoms with Crippen molar-refractivity contribution in [3.63, 3.8) is 0 Å². The normalized spacial score (nSPS) is 19.6. The van der Waals surface area contributed by atoms with Crippen LogP contribution in [0.4, 0.5) is 11.4 Å². The van der Waals surface area contributed by atoms with Crippen molar-refractivity contribution < 1.29 is 9.76 Å². The fourth-order valence-electron chi connectivity index (χ4n) is 5.05. The third-order valence-electron chi connectivity index (χ3n) is 7.72. The number of rotatable bonds is 6. The van der Waals surface area contributed by atoms with Crippen molar-refractivity contribution in [1.82, 2.24) is 0 Å². The minimum absolute atomic E-state index is 0.332. The molecule has 1 N–H and O–H groups in total. The molecule has 0 radical (unpaired) electrons. The van der Waals surface area contributed by atoms with Gasteiger partial charge >= 0.3 is 7.48 Å². The van der Waals surface area contributed by atoms with Crippen LogP contribution in [-0.2, 0) is 4.65 Å². The van der Waals surface area contributed by atoms with E-state index in [9.17, 15) is 5.11 Å². The lowest BCUT2D eigenvalue weighted by Gasteiger charge is -2.37. The Labute approximate surface area is 204 Å². The molecule has 0 aromatic heterocycles. The highest BCUT2D eigenvalue weighted by molar-refractivity contribution is 6.47. The van der Waals surface area contributed by atoms with Gasteiger partial charge in [-0.2, -0.15) is 0 Å². The van der Waals surface area contributed by atoms with Gasteiger partial charge < -0.3 is 14.7 Å². The van der Waals surface area contributed by atoms with Crippen molar-refractivity contribution >= 4 is 24.3 Å². The summed E-state index contributed by atoms with van der Waals surface area (Å²) in [6.07, 6.45) is 7.04. The van der Waals surface area contributed by atoms with Crippen molar-refractivity contribution in [2.24, 2.45) is 0 Å². The number of fused-ring (bicyclic) bond motifs is 3. The van der Waals surface area contributed by atoms with E-state index >= 15 is 0 Å². The van der Waals surface area contributed by atoms with Gasteiger partial charge in [-0.05, 0) is 75.4 Å². The van der Waals surface area contributed by atoms with E-state index in [1.54, 1.807) is 13.8 Å². The van der Waals surface area contributed by atoms with Gasteiger partial charge in [0.25, 0.3) is 0 Å². The molecular weight excluding hydrogens is 417 g/mol. The highest BCUT2D eigenvalue weighted by Gasteiger charge is 2.39. The zero-order valence-electron chi connectivity index (χ0n) is 20.7. The Morgan fingerprint density at radius 2 is 1.65 bits per heavy atom. The van der Waals surface area contributed by atoms with Gasteiger partial charge in [-0.25, -0.2) is 0 Å². The van der Waals surface area contributed by atoms with Crippen molar-refractivity contribution in [1.29, 1.82) is 0 Å². The molecule has 0 amide bonds. The number of benzene rings is 3. The van der Waals surface area contributed by atoms with Crippen LogP contribution in [0.2, 0.25) is 0 Å². The highest BCUT2D eigenvalue weighted by atomic mass is 16.5. The molecule has 3 nitrogen and oxygen atoms in total. The summed E-state index contributed by atoms with van der Waals surface area (Å²) in [4.78, 5) is 2.51. The predicted molar refractivity (Wildman–Crippen MR) is 144 cm³/mol. The molecule has 0 saturated carbocycles. The molecule has 4 heteroatoms. The maximum Gasteiger partial charge on any atom is 0.309 e. The predicted octanol–water partition coefficient (Wildman–Crippen LogP) is 5.85. The molecule has 1 heterocycles. The molecule has 0 fully saturated rings. The molecule has 3 aromatic carbocycles. The summed E-state index contributed by atoms with van der Waals surface area (Å²) >= 11 is 0. The monoisotopic (exact) mass is 451 g/mol. The largest absolute Gasteiger partial charge is 0.427 e. The number of nitrogens with zero attached hydrogens (tertiary/aromatic N) is 1. The van der Waals surface area contributed by atoms with Crippen LogP contribution in [-0.4, -0.2) is 29.8 Å². The second-order valence-electron chi connectivity index (χ2n) is 10.6. The fourth-order valence-corrected chi connectivity index (χ4v) is 5.05. The van der Waals surface area contributed by atoms with Crippen LogP contribution in [0.25, 0.3) is 11.1 Å². The summed E-state index contributed by atoms with van der Waals surface area (Å²) in [5.41, 5.74) is 5.80. The molecule has 174 valence electrons. The zero-order chi connectivity index (χ0) is 23.9. The Bertz CT molecular complexity index is 1200. The first-order valence-electron chi connectivity index (χ1n) is 12.4. The summed E-state index contributed by atoms with van der Waals surface area (Å²) in [6.45, 7) is 7.50. The standard InChI is InChI=1S/C30H34BNO2/c1-29(2,33)30(3,4)34-31-23-18-22(21-12-6-5-7-13-21)19-24(20-23)32-27-16-10-8-14-25(27)26-15-9-11-17-28(26)32/h5-8,10-14,16-20,26,28,31,33H,9,15H2,1-4H3. The number of aliphatic hydroxyl groups is 1. The molecule has 34 heavy (non-hydrogen) atoms. The van der Waals surface area contributed by atoms with E-state index in [0.717, 1.165) is 11.9 Å². The first-order chi connectivity index (χ1) is 16.2. The first kappa shape index (κ1) is 23.0. The Balaban J connectivity index is 1.59. The lowest BCUT2D eigenvalue weighted by molar-refractivity contribution is -0.0893. The minimum atomic E-state index is -0.944. The SMILES string of the molecule is CC(C)(O)C(C)(C)OBc1cc(-c2ccccc2)cc(N2c3ccccc3C3CCC=CC32)c1. The topological polar surface area (TPSA) is 32.7 Å². The minimum Gasteiger partial charge on any atom is -0.427 e. The molecule has 1 aliphatic heterocycles. The molecule has 2 atom stereocenters. The number of para-hydroxylation sites is 1.